The number of primary amides is 1. The molecule has 109 heavy (non-hydrogen) atoms. The number of alkyl halides is 2. The summed E-state index contributed by atoms with van der Waals surface area (Å²) < 4.78 is 80.7. The number of nitrogens with two attached hydrogens (primary N) is 1. The molecular formula is C79H101F2N9O19. The molecule has 0 aromatic heterocycles. The quantitative estimate of drug-likeness (QED) is 0.0256. The molecular weight excluding hydrogens is 1420 g/mol. The predicted octanol–water partition coefficient (Wildman–Crippen LogP) is 6.17. The van der Waals surface area contributed by atoms with Gasteiger partial charge in [0.05, 0.1) is 77.3 Å². The van der Waals surface area contributed by atoms with E-state index in [-0.39, 0.29) is 148 Å². The zero-order valence-electron chi connectivity index (χ0n) is 62.4. The number of carbonyl (C=O) groups is 10. The molecule has 0 radical (unpaired) electrons. The van der Waals surface area contributed by atoms with Crippen molar-refractivity contribution in [1.82, 2.24) is 31.1 Å². The Morgan fingerprint density at radius 3 is 2.06 bits per heavy atom. The molecule has 5 fully saturated rings. The fraction of sp³-hybridized carbons (Fsp3) is 0.570. The van der Waals surface area contributed by atoms with Gasteiger partial charge in [0.2, 0.25) is 35.3 Å². The van der Waals surface area contributed by atoms with E-state index in [0.717, 1.165) is 22.8 Å². The number of aliphatic hydroxyl groups is 1. The fourth-order valence-electron chi connectivity index (χ4n) is 16.1. The number of nitrogens with zero attached hydrogens (tertiary/aromatic N) is 3. The molecule has 2 saturated heterocycles. The summed E-state index contributed by atoms with van der Waals surface area (Å²) >= 11 is 0. The van der Waals surface area contributed by atoms with Crippen LogP contribution >= 0.6 is 0 Å². The van der Waals surface area contributed by atoms with Gasteiger partial charge >= 0.3 is 18.2 Å². The van der Waals surface area contributed by atoms with Crippen LogP contribution in [0.15, 0.2) is 96.6 Å². The highest BCUT2D eigenvalue weighted by Gasteiger charge is 2.80. The minimum absolute atomic E-state index is 0.0211. The molecule has 7 aliphatic rings. The lowest BCUT2D eigenvalue weighted by Crippen LogP contribution is -2.71. The van der Waals surface area contributed by atoms with Crippen molar-refractivity contribution < 1.29 is 99.7 Å². The van der Waals surface area contributed by atoms with Gasteiger partial charge in [-0.15, -0.1) is 0 Å². The first-order valence-electron chi connectivity index (χ1n) is 37.6. The number of anilines is 2. The summed E-state index contributed by atoms with van der Waals surface area (Å²) in [6.45, 7) is 10.5. The maximum absolute atomic E-state index is 18.0. The molecule has 0 spiro atoms. The first-order chi connectivity index (χ1) is 52.3. The third-order valence-electron chi connectivity index (χ3n) is 21.8. The summed E-state index contributed by atoms with van der Waals surface area (Å²) in [6, 6.07) is 18.7. The minimum atomic E-state index is -2.39. The van der Waals surface area contributed by atoms with Gasteiger partial charge in [-0.05, 0) is 116 Å². The van der Waals surface area contributed by atoms with Crippen molar-refractivity contribution in [3.63, 3.8) is 0 Å². The number of para-hydroxylation sites is 1. The largest absolute Gasteiger partial charge is 0.445 e. The Morgan fingerprint density at radius 2 is 1.38 bits per heavy atom. The standard InChI is InChI=1S/C79H101F2N9O19/c1-6-12-69-108-65-45-57-58-44-60(80)59-43-56(91)26-28-76(59,4)78(58,81)63(92)46-77(57,5)79(65,109-69)64(93)49-107-75(101)89-33-31-88(32-34-89)74(100)106-48-51-18-22-55(23-19-51)85-71(97)61(16-11-29-84-73(82)99)86-72(98)70(50(2)3)87-67(95)27-35-102-37-39-104-41-42-105-40-38-103-36-30-83-66(94)24-25-68(96)90-47-54-15-8-7-13-52(54)20-21-53-14-9-10-17-62(53)90/h7-10,13-15,17-19,22-23,26,28,43,50,57-58,60-61,63,65,69-70,92H,6,11-12,16,24-25,27,29-42,44-49H2,1-5H3,(H,83,94)(H,85,97)(H,86,98)(H,87,95)(H3,82,84,99)/t57-,58-,60-,61-,63-,65+,69?,70-,76-,77-,78-,79+/m0/s1. The van der Waals surface area contributed by atoms with E-state index in [0.29, 0.717) is 56.1 Å². The molecule has 3 aliphatic heterocycles. The lowest BCUT2D eigenvalue weighted by Gasteiger charge is -2.63. The zero-order chi connectivity index (χ0) is 78.0. The number of aliphatic hydroxyl groups excluding tert-OH is 1. The Labute approximate surface area is 632 Å². The maximum atomic E-state index is 18.0. The number of allylic oxidation sites excluding steroid dienone is 4. The normalized spacial score (nSPS) is 25.5. The summed E-state index contributed by atoms with van der Waals surface area (Å²) in [5.74, 6) is 0.969. The highest BCUT2D eigenvalue weighted by Crippen LogP contribution is 2.72. The van der Waals surface area contributed by atoms with Crippen molar-refractivity contribution in [2.24, 2.45) is 34.3 Å². The Bertz CT molecular complexity index is 3920. The van der Waals surface area contributed by atoms with E-state index in [4.69, 9.17) is 43.6 Å². The molecule has 8 N–H and O–H groups in total. The van der Waals surface area contributed by atoms with Crippen LogP contribution in [-0.2, 0) is 84.6 Å². The second-order valence-corrected chi connectivity index (χ2v) is 29.2. The molecule has 3 heterocycles. The van der Waals surface area contributed by atoms with E-state index >= 15 is 8.78 Å². The molecule has 1 unspecified atom stereocenters. The predicted molar refractivity (Wildman–Crippen MR) is 392 cm³/mol. The van der Waals surface area contributed by atoms with Gasteiger partial charge in [-0.1, -0.05) is 94.5 Å². The van der Waals surface area contributed by atoms with Gasteiger partial charge in [0.1, 0.15) is 24.9 Å². The maximum Gasteiger partial charge on any atom is 0.410 e. The van der Waals surface area contributed by atoms with E-state index in [2.05, 4.69) is 38.4 Å². The van der Waals surface area contributed by atoms with Crippen LogP contribution in [0.4, 0.5) is 34.5 Å². The fourth-order valence-corrected chi connectivity index (χ4v) is 16.1. The third kappa shape index (κ3) is 19.3. The van der Waals surface area contributed by atoms with Gasteiger partial charge < -0.3 is 90.0 Å². The Morgan fingerprint density at radius 1 is 0.734 bits per heavy atom. The van der Waals surface area contributed by atoms with Crippen LogP contribution in [0.3, 0.4) is 0 Å². The number of fused-ring (bicyclic) bond motifs is 9. The molecule has 10 rings (SSSR count). The van der Waals surface area contributed by atoms with Crippen molar-refractivity contribution in [1.29, 1.82) is 0 Å². The van der Waals surface area contributed by atoms with Crippen LogP contribution in [0, 0.1) is 40.4 Å². The zero-order valence-corrected chi connectivity index (χ0v) is 62.4. The Balaban J connectivity index is 0.586. The number of amides is 9. The van der Waals surface area contributed by atoms with E-state index < -0.39 is 131 Å². The van der Waals surface area contributed by atoms with Crippen LogP contribution in [0.5, 0.6) is 0 Å². The number of halogens is 2. The van der Waals surface area contributed by atoms with E-state index in [1.165, 1.54) is 28.9 Å². The second-order valence-electron chi connectivity index (χ2n) is 29.2. The van der Waals surface area contributed by atoms with Crippen molar-refractivity contribution in [2.75, 3.05) is 109 Å². The summed E-state index contributed by atoms with van der Waals surface area (Å²) in [6.07, 6.45) is -2.03. The summed E-state index contributed by atoms with van der Waals surface area (Å²) in [4.78, 5) is 137. The van der Waals surface area contributed by atoms with Crippen molar-refractivity contribution >= 4 is 70.7 Å². The average Bonchev–Trinajstić information content (AvgIpc) is 1.55. The number of piperazine rings is 1. The molecule has 590 valence electrons. The molecule has 3 saturated carbocycles. The molecule has 9 amide bonds. The topological polar surface area (TPSA) is 361 Å². The number of benzene rings is 3. The molecule has 3 aromatic carbocycles. The van der Waals surface area contributed by atoms with E-state index in [1.807, 2.05) is 55.5 Å². The second kappa shape index (κ2) is 37.5. The first kappa shape index (κ1) is 82.3. The molecule has 12 atom stereocenters. The van der Waals surface area contributed by atoms with Gasteiger partial charge in [0, 0.05) is 92.1 Å². The van der Waals surface area contributed by atoms with Gasteiger partial charge in [0.15, 0.2) is 29.9 Å². The van der Waals surface area contributed by atoms with Crippen molar-refractivity contribution in [3.05, 3.63) is 119 Å². The van der Waals surface area contributed by atoms with Gasteiger partial charge in [-0.2, -0.15) is 0 Å². The van der Waals surface area contributed by atoms with Crippen molar-refractivity contribution in [2.45, 2.75) is 160 Å². The van der Waals surface area contributed by atoms with Crippen LogP contribution in [-0.4, -0.2) is 221 Å². The van der Waals surface area contributed by atoms with Crippen LogP contribution in [0.2, 0.25) is 0 Å². The number of ether oxygens (including phenoxy) is 8. The lowest BCUT2D eigenvalue weighted by molar-refractivity contribution is -0.234. The van der Waals surface area contributed by atoms with Gasteiger partial charge in [-0.3, -0.25) is 33.6 Å². The number of carbonyl (C=O) groups excluding carboxylic acids is 10. The molecule has 0 bridgehead atoms. The number of Topliss-reactive ketones (excluding diaryl/α,β-unsaturated/α-hetero) is 1. The smallest absolute Gasteiger partial charge is 0.410 e. The summed E-state index contributed by atoms with van der Waals surface area (Å²) in [5.41, 5.74) is 2.30. The molecule has 30 heteroatoms. The number of hydrogen-bond donors (Lipinski definition) is 7. The average molecular weight is 1520 g/mol. The van der Waals surface area contributed by atoms with E-state index in [1.54, 1.807) is 49.9 Å². The Hall–Kier alpha value is -9.22. The van der Waals surface area contributed by atoms with Gasteiger partial charge in [-0.25, -0.2) is 23.2 Å². The molecule has 28 nitrogen and oxygen atoms in total. The Kier molecular flexibility index (Phi) is 28.3. The van der Waals surface area contributed by atoms with Crippen LogP contribution < -0.4 is 37.2 Å². The van der Waals surface area contributed by atoms with Crippen LogP contribution in [0.25, 0.3) is 0 Å². The SMILES string of the molecule is CCCC1O[C@@H]2C[C@H]3[C@@H]4C[C@H](F)C5=CC(=O)C=C[C@]5(C)[C@@]4(F)[C@@H](O)C[C@]3(C)[C@]2(C(=O)COC(=O)N2CCN(C(=O)OCc3ccc(NC(=O)[C@H](CCCNC(N)=O)NC(=O)[C@@H](NC(=O)CCOCCOCCOCCOCCNC(=O)CCC(=O)N4Cc5ccccc5C#Cc5ccccc54)C(C)C)cc3)CC2)O1. The minimum Gasteiger partial charge on any atom is -0.445 e. The van der Waals surface area contributed by atoms with Crippen LogP contribution in [0.1, 0.15) is 121 Å². The molecule has 3 aromatic rings. The number of ketones is 2. The summed E-state index contributed by atoms with van der Waals surface area (Å²) in [7, 11) is 0. The number of rotatable bonds is 35. The molecule has 4 aliphatic carbocycles. The van der Waals surface area contributed by atoms with E-state index in [9.17, 15) is 53.1 Å². The van der Waals surface area contributed by atoms with Crippen molar-refractivity contribution in [3.8, 4) is 11.8 Å². The number of hydrogen-bond acceptors (Lipinski definition) is 19. The van der Waals surface area contributed by atoms with Gasteiger partial charge in [0.25, 0.3) is 0 Å². The highest BCUT2D eigenvalue weighted by molar-refractivity contribution is 6.02. The number of urea groups is 1. The third-order valence-corrected chi connectivity index (χ3v) is 21.8. The first-order valence-corrected chi connectivity index (χ1v) is 37.6. The number of nitrogens with one attached hydrogen (secondary N) is 5. The summed E-state index contributed by atoms with van der Waals surface area (Å²) in [5, 5.41) is 25.5. The monoisotopic (exact) mass is 1520 g/mol. The highest BCUT2D eigenvalue weighted by atomic mass is 19.1. The lowest BCUT2D eigenvalue weighted by atomic mass is 9.44.